The molecular formula is C34H46FN6O9P. The number of benzene rings is 1. The minimum absolute atomic E-state index is 0.0221. The average molecular weight is 733 g/mol. The number of aliphatic hydroxyl groups is 1. The lowest BCUT2D eigenvalue weighted by Crippen LogP contribution is -2.44. The number of nitrogen functional groups attached to an aromatic ring is 1. The fraction of sp³-hybridized carbons (Fsp3) is 0.559. The van der Waals surface area contributed by atoms with E-state index in [0.29, 0.717) is 12.0 Å². The minimum atomic E-state index is -4.73. The summed E-state index contributed by atoms with van der Waals surface area (Å²) in [5, 5.41) is 23.6. The molecule has 1 aliphatic heterocycles. The van der Waals surface area contributed by atoms with Gasteiger partial charge in [-0.25, -0.2) is 19.4 Å². The largest absolute Gasteiger partial charge is 0.480 e. The summed E-state index contributed by atoms with van der Waals surface area (Å²) in [5.74, 6) is -0.0757. The molecule has 0 aliphatic carbocycles. The molecule has 2 aromatic heterocycles. The summed E-state index contributed by atoms with van der Waals surface area (Å²) in [7, 11) is -4.73. The van der Waals surface area contributed by atoms with E-state index in [1.807, 2.05) is 0 Å². The number of carbonyl (C=O) groups excluding carboxylic acids is 1. The highest BCUT2D eigenvalue weighted by Crippen LogP contribution is 2.49. The van der Waals surface area contributed by atoms with Crippen molar-refractivity contribution in [3.8, 4) is 12.3 Å². The van der Waals surface area contributed by atoms with E-state index in [1.165, 1.54) is 37.1 Å². The molecule has 15 nitrogen and oxygen atoms in total. The van der Waals surface area contributed by atoms with E-state index in [-0.39, 0.29) is 36.4 Å². The third-order valence-electron chi connectivity index (χ3n) is 8.50. The topological polar surface area (TPSA) is 210 Å². The number of nitrogens with two attached hydrogens (primary N) is 1. The third kappa shape index (κ3) is 10.8. The van der Waals surface area contributed by atoms with Gasteiger partial charge in [0.25, 0.3) is 0 Å². The molecule has 1 fully saturated rings. The Kier molecular flexibility index (Phi) is 14.4. The highest BCUT2D eigenvalue weighted by atomic mass is 31.2. The van der Waals surface area contributed by atoms with Gasteiger partial charge >= 0.3 is 25.8 Å². The molecule has 1 aliphatic rings. The Morgan fingerprint density at radius 3 is 2.55 bits per heavy atom. The van der Waals surface area contributed by atoms with Gasteiger partial charge in [-0.2, -0.15) is 14.4 Å². The zero-order chi connectivity index (χ0) is 37.0. The van der Waals surface area contributed by atoms with Crippen molar-refractivity contribution in [2.75, 3.05) is 18.9 Å². The molecule has 0 saturated carbocycles. The molecule has 5 N–H and O–H groups in total. The first-order valence-corrected chi connectivity index (χ1v) is 18.6. The predicted molar refractivity (Wildman–Crippen MR) is 184 cm³/mol. The Morgan fingerprint density at radius 1 is 1.20 bits per heavy atom. The number of anilines is 1. The summed E-state index contributed by atoms with van der Waals surface area (Å²) >= 11 is 0. The second-order valence-corrected chi connectivity index (χ2v) is 14.2. The predicted octanol–water partition coefficient (Wildman–Crippen LogP) is 4.70. The number of aliphatic hydroxyl groups excluding tert-OH is 1. The molecule has 0 spiro atoms. The van der Waals surface area contributed by atoms with Crippen molar-refractivity contribution in [2.45, 2.75) is 108 Å². The Morgan fingerprint density at radius 2 is 1.88 bits per heavy atom. The lowest BCUT2D eigenvalue weighted by molar-refractivity contribution is -0.152. The molecule has 4 rings (SSSR count). The van der Waals surface area contributed by atoms with Crippen LogP contribution in [0.2, 0.25) is 0 Å². The lowest BCUT2D eigenvalue weighted by atomic mass is 9.99. The lowest BCUT2D eigenvalue weighted by Gasteiger charge is -2.30. The Hall–Kier alpha value is -3.97. The summed E-state index contributed by atoms with van der Waals surface area (Å²) in [6, 6.07) is 7.08. The number of esters is 1. The molecule has 3 heterocycles. The normalized spacial score (nSPS) is 21.2. The molecule has 17 heteroatoms. The highest BCUT2D eigenvalue weighted by molar-refractivity contribution is 7.51. The average Bonchev–Trinajstić information content (AvgIpc) is 3.67. The maximum absolute atomic E-state index is 14.3. The van der Waals surface area contributed by atoms with Gasteiger partial charge in [0.15, 0.2) is 28.7 Å². The van der Waals surface area contributed by atoms with E-state index in [0.717, 1.165) is 25.7 Å². The van der Waals surface area contributed by atoms with Gasteiger partial charge in [-0.1, -0.05) is 88.1 Å². The van der Waals surface area contributed by atoms with Crippen LogP contribution in [-0.4, -0.2) is 78.7 Å². The van der Waals surface area contributed by atoms with Crippen molar-refractivity contribution >= 4 is 36.7 Å². The minimum Gasteiger partial charge on any atom is -0.480 e. The fourth-order valence-corrected chi connectivity index (χ4v) is 7.27. The van der Waals surface area contributed by atoms with Gasteiger partial charge in [-0.15, -0.1) is 6.42 Å². The van der Waals surface area contributed by atoms with Crippen LogP contribution in [0.3, 0.4) is 0 Å². The first kappa shape index (κ1) is 39.8. The van der Waals surface area contributed by atoms with Crippen molar-refractivity contribution in [3.05, 3.63) is 48.3 Å². The van der Waals surface area contributed by atoms with Gasteiger partial charge in [0, 0.05) is 6.42 Å². The maximum atomic E-state index is 14.3. The number of unbranched alkanes of at least 4 members (excludes halogenated alkanes) is 7. The summed E-state index contributed by atoms with van der Waals surface area (Å²) in [4.78, 5) is 36.5. The summed E-state index contributed by atoms with van der Waals surface area (Å²) in [6.07, 6.45) is 10.1. The first-order valence-electron chi connectivity index (χ1n) is 17.0. The SMILES string of the molecule is C#C[C@]1(CO[P@@](=O)(NC(Cc2ccccc2)C(=O)O)OC(C)C(=O)OCCCCCCCCCC)O[C@@H](n2cnc3c(N)nc(F)nc32)C[C@@H]1O. The molecule has 1 aromatic carbocycles. The number of rotatable bonds is 21. The number of hydrogen-bond donors (Lipinski definition) is 4. The number of imidazole rings is 1. The van der Waals surface area contributed by atoms with E-state index in [1.54, 1.807) is 30.3 Å². The van der Waals surface area contributed by atoms with Crippen molar-refractivity contribution in [2.24, 2.45) is 0 Å². The fourth-order valence-electron chi connectivity index (χ4n) is 5.63. The van der Waals surface area contributed by atoms with Gasteiger partial charge in [0.05, 0.1) is 12.9 Å². The smallest absolute Gasteiger partial charge is 0.407 e. The van der Waals surface area contributed by atoms with Crippen LogP contribution >= 0.6 is 7.75 Å². The summed E-state index contributed by atoms with van der Waals surface area (Å²) in [6.45, 7) is 2.81. The number of terminal acetylenes is 1. The number of carbonyl (C=O) groups is 2. The molecule has 278 valence electrons. The molecule has 51 heavy (non-hydrogen) atoms. The number of ether oxygens (including phenoxy) is 2. The maximum Gasteiger partial charge on any atom is 0.407 e. The molecule has 0 amide bonds. The molecule has 2 unspecified atom stereocenters. The van der Waals surface area contributed by atoms with Gasteiger partial charge in [0.1, 0.15) is 25.0 Å². The van der Waals surface area contributed by atoms with Crippen molar-refractivity contribution in [1.82, 2.24) is 24.6 Å². The summed E-state index contributed by atoms with van der Waals surface area (Å²) in [5.41, 5.74) is 4.48. The monoisotopic (exact) mass is 732 g/mol. The quantitative estimate of drug-likeness (QED) is 0.0385. The highest BCUT2D eigenvalue weighted by Gasteiger charge is 2.50. The van der Waals surface area contributed by atoms with Crippen LogP contribution in [0.1, 0.15) is 83.4 Å². The van der Waals surface area contributed by atoms with E-state index in [4.69, 9.17) is 30.7 Å². The van der Waals surface area contributed by atoms with E-state index in [9.17, 15) is 28.8 Å². The molecular weight excluding hydrogens is 686 g/mol. The standard InChI is InChI=1S/C34H46FN6O9P/c1-4-6-7-8-9-10-11-15-18-47-32(45)23(3)50-51(46,40-25(31(43)44)19-24-16-13-12-14-17-24)48-21-34(5-2)26(42)20-27(49-34)41-22-37-28-29(36)38-33(35)39-30(28)41/h2,12-14,16-17,22-23,25-27,42H,4,6-11,15,18-21H2,1,3H3,(H,40,46)(H,43,44)(H2,36,38,39)/t23?,25?,26-,27+,34+,51-/m0/s1. The number of carboxylic acid groups (broad SMARTS) is 1. The Balaban J connectivity index is 1.47. The van der Waals surface area contributed by atoms with E-state index in [2.05, 4.69) is 32.9 Å². The molecule has 0 radical (unpaired) electrons. The molecule has 0 bridgehead atoms. The third-order valence-corrected chi connectivity index (χ3v) is 10.2. The molecule has 1 saturated heterocycles. The second kappa shape index (κ2) is 18.5. The van der Waals surface area contributed by atoms with Crippen LogP contribution in [0.15, 0.2) is 36.7 Å². The number of carboxylic acids is 1. The zero-order valence-electron chi connectivity index (χ0n) is 28.8. The van der Waals surface area contributed by atoms with Gasteiger partial charge in [0.2, 0.25) is 0 Å². The van der Waals surface area contributed by atoms with Crippen LogP contribution in [0.4, 0.5) is 10.2 Å². The number of halogens is 1. The van der Waals surface area contributed by atoms with E-state index >= 15 is 0 Å². The number of hydrogen-bond acceptors (Lipinski definition) is 12. The zero-order valence-corrected chi connectivity index (χ0v) is 29.7. The van der Waals surface area contributed by atoms with Gasteiger partial charge in [-0.05, 0) is 25.3 Å². The van der Waals surface area contributed by atoms with Crippen LogP contribution in [0.25, 0.3) is 11.2 Å². The van der Waals surface area contributed by atoms with Crippen molar-refractivity contribution < 1.29 is 47.3 Å². The van der Waals surface area contributed by atoms with Gasteiger partial charge in [-0.3, -0.25) is 18.4 Å². The first-order chi connectivity index (χ1) is 24.4. The van der Waals surface area contributed by atoms with E-state index < -0.39 is 62.4 Å². The number of fused-ring (bicyclic) bond motifs is 1. The van der Waals surface area contributed by atoms with Crippen LogP contribution in [0, 0.1) is 18.4 Å². The van der Waals surface area contributed by atoms with Crippen molar-refractivity contribution in [3.63, 3.8) is 0 Å². The van der Waals surface area contributed by atoms with Crippen LogP contribution in [0.5, 0.6) is 0 Å². The van der Waals surface area contributed by atoms with Crippen LogP contribution < -0.4 is 10.8 Å². The number of nitrogens with zero attached hydrogens (tertiary/aromatic N) is 4. The Bertz CT molecular complexity index is 1710. The molecule has 6 atom stereocenters. The number of nitrogens with one attached hydrogen (secondary N) is 1. The van der Waals surface area contributed by atoms with Crippen LogP contribution in [-0.2, 0) is 39.1 Å². The molecule has 3 aromatic rings. The summed E-state index contributed by atoms with van der Waals surface area (Å²) < 4.78 is 52.3. The number of aromatic nitrogens is 4. The number of aliphatic carboxylic acids is 1. The Labute approximate surface area is 296 Å². The van der Waals surface area contributed by atoms with Crippen molar-refractivity contribution in [1.29, 1.82) is 0 Å². The second-order valence-electron chi connectivity index (χ2n) is 12.4. The van der Waals surface area contributed by atoms with Gasteiger partial charge < -0.3 is 25.4 Å².